The SMILES string of the molecule is Cc1ccc(S(=O)(=O)Nc2ccc(C(=O)Nc3nc4ccccc4[nH]3)cc2)cc1C. The first-order chi connectivity index (χ1) is 14.3. The van der Waals surface area contributed by atoms with Crippen LogP contribution in [0.25, 0.3) is 11.0 Å². The van der Waals surface area contributed by atoms with Gasteiger partial charge in [0.25, 0.3) is 15.9 Å². The summed E-state index contributed by atoms with van der Waals surface area (Å²) in [6.07, 6.45) is 0. The number of sulfonamides is 1. The lowest BCUT2D eigenvalue weighted by atomic mass is 10.1. The van der Waals surface area contributed by atoms with Crippen molar-refractivity contribution in [2.75, 3.05) is 10.0 Å². The van der Waals surface area contributed by atoms with Gasteiger partial charge < -0.3 is 4.98 Å². The van der Waals surface area contributed by atoms with Gasteiger partial charge in [-0.3, -0.25) is 14.8 Å². The molecular formula is C22H20N4O3S. The minimum atomic E-state index is -3.71. The molecule has 0 unspecified atom stereocenters. The highest BCUT2D eigenvalue weighted by Crippen LogP contribution is 2.20. The molecule has 1 amide bonds. The number of carbonyl (C=O) groups excluding carboxylic acids is 1. The number of fused-ring (bicyclic) bond motifs is 1. The highest BCUT2D eigenvalue weighted by atomic mass is 32.2. The van der Waals surface area contributed by atoms with Gasteiger partial charge >= 0.3 is 0 Å². The third kappa shape index (κ3) is 4.04. The van der Waals surface area contributed by atoms with E-state index in [1.165, 1.54) is 0 Å². The van der Waals surface area contributed by atoms with Crippen molar-refractivity contribution in [1.82, 2.24) is 9.97 Å². The van der Waals surface area contributed by atoms with Crippen molar-refractivity contribution < 1.29 is 13.2 Å². The monoisotopic (exact) mass is 420 g/mol. The van der Waals surface area contributed by atoms with Crippen LogP contribution in [0.3, 0.4) is 0 Å². The third-order valence-electron chi connectivity index (χ3n) is 4.81. The summed E-state index contributed by atoms with van der Waals surface area (Å²) in [5.41, 5.74) is 4.25. The number of amides is 1. The number of rotatable bonds is 5. The van der Waals surface area contributed by atoms with E-state index in [1.54, 1.807) is 42.5 Å². The lowest BCUT2D eigenvalue weighted by Crippen LogP contribution is -2.15. The van der Waals surface area contributed by atoms with E-state index in [4.69, 9.17) is 0 Å². The van der Waals surface area contributed by atoms with E-state index in [2.05, 4.69) is 20.0 Å². The Bertz CT molecular complexity index is 1310. The molecule has 0 bridgehead atoms. The van der Waals surface area contributed by atoms with Crippen LogP contribution in [-0.2, 0) is 10.0 Å². The highest BCUT2D eigenvalue weighted by Gasteiger charge is 2.15. The summed E-state index contributed by atoms with van der Waals surface area (Å²) < 4.78 is 27.8. The largest absolute Gasteiger partial charge is 0.324 e. The molecule has 30 heavy (non-hydrogen) atoms. The van der Waals surface area contributed by atoms with Crippen LogP contribution in [0.4, 0.5) is 11.6 Å². The normalized spacial score (nSPS) is 11.4. The Morgan fingerprint density at radius 3 is 2.37 bits per heavy atom. The molecule has 0 atom stereocenters. The van der Waals surface area contributed by atoms with Crippen LogP contribution in [-0.4, -0.2) is 24.3 Å². The number of H-pyrrole nitrogens is 1. The quantitative estimate of drug-likeness (QED) is 0.449. The molecule has 0 aliphatic carbocycles. The van der Waals surface area contributed by atoms with Crippen molar-refractivity contribution in [3.05, 3.63) is 83.4 Å². The van der Waals surface area contributed by atoms with Gasteiger partial charge in [-0.15, -0.1) is 0 Å². The molecule has 0 aliphatic rings. The number of aromatic amines is 1. The Balaban J connectivity index is 1.47. The summed E-state index contributed by atoms with van der Waals surface area (Å²) in [4.78, 5) is 20.0. The fraction of sp³-hybridized carbons (Fsp3) is 0.0909. The van der Waals surface area contributed by atoms with Crippen LogP contribution >= 0.6 is 0 Å². The molecule has 0 spiro atoms. The van der Waals surface area contributed by atoms with Crippen LogP contribution in [0.2, 0.25) is 0 Å². The lowest BCUT2D eigenvalue weighted by Gasteiger charge is -2.10. The smallest absolute Gasteiger partial charge is 0.261 e. The number of aryl methyl sites for hydroxylation is 2. The molecule has 152 valence electrons. The zero-order valence-electron chi connectivity index (χ0n) is 16.4. The van der Waals surface area contributed by atoms with Gasteiger partial charge in [0.2, 0.25) is 5.95 Å². The average Bonchev–Trinajstić information content (AvgIpc) is 3.12. The number of benzene rings is 3. The molecule has 0 saturated carbocycles. The predicted molar refractivity (Wildman–Crippen MR) is 117 cm³/mol. The Morgan fingerprint density at radius 1 is 0.933 bits per heavy atom. The molecule has 4 rings (SSSR count). The molecule has 0 radical (unpaired) electrons. The van der Waals surface area contributed by atoms with E-state index in [9.17, 15) is 13.2 Å². The van der Waals surface area contributed by atoms with Gasteiger partial charge in [-0.2, -0.15) is 0 Å². The molecule has 1 aromatic heterocycles. The third-order valence-corrected chi connectivity index (χ3v) is 6.19. The molecule has 0 saturated heterocycles. The summed E-state index contributed by atoms with van der Waals surface area (Å²) in [6.45, 7) is 3.79. The summed E-state index contributed by atoms with van der Waals surface area (Å²) in [5, 5.41) is 2.71. The van der Waals surface area contributed by atoms with Gasteiger partial charge in [0, 0.05) is 11.3 Å². The van der Waals surface area contributed by atoms with E-state index in [0.29, 0.717) is 17.2 Å². The molecule has 7 nitrogen and oxygen atoms in total. The minimum Gasteiger partial charge on any atom is -0.324 e. The van der Waals surface area contributed by atoms with Crippen molar-refractivity contribution in [3.8, 4) is 0 Å². The van der Waals surface area contributed by atoms with Gasteiger partial charge in [0.05, 0.1) is 15.9 Å². The van der Waals surface area contributed by atoms with Gasteiger partial charge in [-0.25, -0.2) is 13.4 Å². The Morgan fingerprint density at radius 2 is 1.67 bits per heavy atom. The summed E-state index contributed by atoms with van der Waals surface area (Å²) in [7, 11) is -3.71. The van der Waals surface area contributed by atoms with E-state index in [1.807, 2.05) is 38.1 Å². The standard InChI is InChI=1S/C22H20N4O3S/c1-14-7-12-18(13-15(14)2)30(28,29)26-17-10-8-16(9-11-17)21(27)25-22-23-19-5-3-4-6-20(19)24-22/h3-13,26H,1-2H3,(H2,23,24,25,27). The number of nitrogens with one attached hydrogen (secondary N) is 3. The number of hydrogen-bond donors (Lipinski definition) is 3. The van der Waals surface area contributed by atoms with Crippen molar-refractivity contribution in [2.24, 2.45) is 0 Å². The maximum Gasteiger partial charge on any atom is 0.261 e. The van der Waals surface area contributed by atoms with Crippen molar-refractivity contribution >= 4 is 38.6 Å². The number of imidazole rings is 1. The molecule has 3 aromatic carbocycles. The van der Waals surface area contributed by atoms with Crippen LogP contribution in [0, 0.1) is 13.8 Å². The molecular weight excluding hydrogens is 400 g/mol. The van der Waals surface area contributed by atoms with Crippen molar-refractivity contribution in [1.29, 1.82) is 0 Å². The van der Waals surface area contributed by atoms with Crippen LogP contribution < -0.4 is 10.0 Å². The first kappa shape index (κ1) is 19.7. The molecule has 8 heteroatoms. The summed E-state index contributed by atoms with van der Waals surface area (Å²) >= 11 is 0. The topological polar surface area (TPSA) is 104 Å². The number of para-hydroxylation sites is 2. The van der Waals surface area contributed by atoms with Gasteiger partial charge in [0.1, 0.15) is 0 Å². The van der Waals surface area contributed by atoms with Crippen LogP contribution in [0.1, 0.15) is 21.5 Å². The van der Waals surface area contributed by atoms with Crippen molar-refractivity contribution in [2.45, 2.75) is 18.7 Å². The van der Waals surface area contributed by atoms with E-state index in [-0.39, 0.29) is 10.8 Å². The number of carbonyl (C=O) groups is 1. The van der Waals surface area contributed by atoms with E-state index >= 15 is 0 Å². The fourth-order valence-electron chi connectivity index (χ4n) is 2.98. The average molecular weight is 420 g/mol. The Kier molecular flexibility index (Phi) is 5.01. The second-order valence-electron chi connectivity index (χ2n) is 6.99. The second-order valence-corrected chi connectivity index (χ2v) is 8.67. The van der Waals surface area contributed by atoms with Gasteiger partial charge in [-0.1, -0.05) is 18.2 Å². The van der Waals surface area contributed by atoms with Gasteiger partial charge in [-0.05, 0) is 73.5 Å². The predicted octanol–water partition coefficient (Wildman–Crippen LogP) is 4.23. The molecule has 4 aromatic rings. The lowest BCUT2D eigenvalue weighted by molar-refractivity contribution is 0.102. The second kappa shape index (κ2) is 7.64. The zero-order chi connectivity index (χ0) is 21.3. The summed E-state index contributed by atoms with van der Waals surface area (Å²) in [6, 6.07) is 18.6. The first-order valence-corrected chi connectivity index (χ1v) is 10.8. The first-order valence-electron chi connectivity index (χ1n) is 9.28. The van der Waals surface area contributed by atoms with E-state index < -0.39 is 10.0 Å². The number of aromatic nitrogens is 2. The Hall–Kier alpha value is -3.65. The maximum absolute atomic E-state index is 12.6. The van der Waals surface area contributed by atoms with Crippen LogP contribution in [0.5, 0.6) is 0 Å². The number of nitrogens with zero attached hydrogens (tertiary/aromatic N) is 1. The molecule has 0 fully saturated rings. The van der Waals surface area contributed by atoms with Crippen molar-refractivity contribution in [3.63, 3.8) is 0 Å². The number of anilines is 2. The van der Waals surface area contributed by atoms with E-state index in [0.717, 1.165) is 22.2 Å². The van der Waals surface area contributed by atoms with Crippen LogP contribution in [0.15, 0.2) is 71.6 Å². The maximum atomic E-state index is 12.6. The van der Waals surface area contributed by atoms with Gasteiger partial charge in [0.15, 0.2) is 0 Å². The Labute approximate surface area is 174 Å². The fourth-order valence-corrected chi connectivity index (χ4v) is 4.12. The zero-order valence-corrected chi connectivity index (χ0v) is 17.2. The minimum absolute atomic E-state index is 0.192. The number of hydrogen-bond acceptors (Lipinski definition) is 4. The molecule has 0 aliphatic heterocycles. The summed E-state index contributed by atoms with van der Waals surface area (Å²) in [5.74, 6) is -0.00153. The molecule has 3 N–H and O–H groups in total. The highest BCUT2D eigenvalue weighted by molar-refractivity contribution is 7.92. The molecule has 1 heterocycles.